The first-order valence-electron chi connectivity index (χ1n) is 8.74. The van der Waals surface area contributed by atoms with Gasteiger partial charge in [-0.2, -0.15) is 9.41 Å². The number of aromatic hydroxyl groups is 1. The Morgan fingerprint density at radius 3 is 2.57 bits per heavy atom. The number of pyridine rings is 1. The number of anilines is 1. The molecule has 0 aliphatic rings. The number of phenolic OH excluding ortho intramolecular Hbond substituents is 1. The quantitative estimate of drug-likeness (QED) is 0.429. The zero-order valence-electron chi connectivity index (χ0n) is 15.9. The van der Waals surface area contributed by atoms with Gasteiger partial charge < -0.3 is 9.84 Å². The largest absolute Gasteiger partial charge is 0.503 e. The zero-order chi connectivity index (χ0) is 20.7. The third kappa shape index (κ3) is 5.21. The lowest BCUT2D eigenvalue weighted by atomic mass is 10.2. The number of nitrogens with zero attached hydrogens (tertiary/aromatic N) is 3. The summed E-state index contributed by atoms with van der Waals surface area (Å²) in [5.41, 5.74) is 3.44. The summed E-state index contributed by atoms with van der Waals surface area (Å²) in [6.07, 6.45) is 2.84. The Kier molecular flexibility index (Phi) is 7.78. The second-order valence-electron chi connectivity index (χ2n) is 5.62. The molecule has 0 spiro atoms. The molecule has 0 atom stereocenters. The lowest BCUT2D eigenvalue weighted by Gasteiger charge is -2.18. The van der Waals surface area contributed by atoms with Crippen molar-refractivity contribution in [3.05, 3.63) is 40.5 Å². The standard InChI is InChI=1S/C18H23BrN4O4S/c1-4-23(5-2)28(25,26)14-7-8-17(20-12-14)22-21-11-13-9-15(19)18(24)16(10-13)27-6-3/h7-12,24H,4-6H2,1-3H3,(H,20,22)/b21-11+. The Bertz CT molecular complexity index is 929. The number of phenols is 1. The summed E-state index contributed by atoms with van der Waals surface area (Å²) in [7, 11) is -3.54. The van der Waals surface area contributed by atoms with Gasteiger partial charge in [-0.3, -0.25) is 5.43 Å². The lowest BCUT2D eigenvalue weighted by molar-refractivity contribution is 0.317. The fourth-order valence-corrected chi connectivity index (χ4v) is 4.28. The number of hydrazone groups is 1. The number of hydrogen-bond donors (Lipinski definition) is 2. The Hall–Kier alpha value is -2.17. The first kappa shape index (κ1) is 22.1. The number of nitrogens with one attached hydrogen (secondary N) is 1. The van der Waals surface area contributed by atoms with Gasteiger partial charge in [-0.25, -0.2) is 13.4 Å². The molecule has 10 heteroatoms. The van der Waals surface area contributed by atoms with Crippen molar-refractivity contribution in [2.75, 3.05) is 25.1 Å². The molecule has 8 nitrogen and oxygen atoms in total. The van der Waals surface area contributed by atoms with E-state index < -0.39 is 10.0 Å². The monoisotopic (exact) mass is 470 g/mol. The first-order valence-corrected chi connectivity index (χ1v) is 11.0. The van der Waals surface area contributed by atoms with Gasteiger partial charge in [-0.1, -0.05) is 13.8 Å². The molecule has 2 aromatic rings. The highest BCUT2D eigenvalue weighted by Crippen LogP contribution is 2.35. The van der Waals surface area contributed by atoms with Gasteiger partial charge in [0, 0.05) is 19.3 Å². The number of rotatable bonds is 9. The summed E-state index contributed by atoms with van der Waals surface area (Å²) in [6, 6.07) is 6.38. The van der Waals surface area contributed by atoms with Gasteiger partial charge >= 0.3 is 0 Å². The molecular formula is C18H23BrN4O4S. The van der Waals surface area contributed by atoms with Crippen molar-refractivity contribution >= 4 is 38.0 Å². The van der Waals surface area contributed by atoms with Crippen LogP contribution < -0.4 is 10.2 Å². The molecule has 0 aliphatic heterocycles. The molecule has 0 aliphatic carbocycles. The van der Waals surface area contributed by atoms with E-state index in [0.29, 0.717) is 41.3 Å². The van der Waals surface area contributed by atoms with Crippen LogP contribution in [0.4, 0.5) is 5.82 Å². The van der Waals surface area contributed by atoms with Crippen molar-refractivity contribution in [2.24, 2.45) is 5.10 Å². The van der Waals surface area contributed by atoms with Gasteiger partial charge in [-0.05, 0) is 52.7 Å². The van der Waals surface area contributed by atoms with Crippen molar-refractivity contribution < 1.29 is 18.3 Å². The van der Waals surface area contributed by atoms with Gasteiger partial charge in [0.1, 0.15) is 10.7 Å². The molecule has 1 heterocycles. The third-order valence-corrected chi connectivity index (χ3v) is 6.46. The predicted molar refractivity (Wildman–Crippen MR) is 113 cm³/mol. The number of sulfonamides is 1. The average molecular weight is 471 g/mol. The molecule has 152 valence electrons. The van der Waals surface area contributed by atoms with Crippen LogP contribution in [0.15, 0.2) is 44.9 Å². The van der Waals surface area contributed by atoms with E-state index in [2.05, 4.69) is 31.4 Å². The van der Waals surface area contributed by atoms with Gasteiger partial charge in [0.05, 0.1) is 17.3 Å². The summed E-state index contributed by atoms with van der Waals surface area (Å²) in [5.74, 6) is 0.777. The third-order valence-electron chi connectivity index (χ3n) is 3.82. The van der Waals surface area contributed by atoms with E-state index in [1.54, 1.807) is 32.0 Å². The number of halogens is 1. The molecule has 0 saturated heterocycles. The Labute approximate surface area is 173 Å². The summed E-state index contributed by atoms with van der Waals surface area (Å²) in [6.45, 7) is 6.62. The highest BCUT2D eigenvalue weighted by Gasteiger charge is 2.21. The van der Waals surface area contributed by atoms with Crippen molar-refractivity contribution in [2.45, 2.75) is 25.7 Å². The van der Waals surface area contributed by atoms with E-state index in [0.717, 1.165) is 0 Å². The molecule has 28 heavy (non-hydrogen) atoms. The summed E-state index contributed by atoms with van der Waals surface area (Å²) >= 11 is 3.27. The smallest absolute Gasteiger partial charge is 0.244 e. The maximum atomic E-state index is 12.4. The molecule has 0 unspecified atom stereocenters. The van der Waals surface area contributed by atoms with Crippen LogP contribution in [0.5, 0.6) is 11.5 Å². The Balaban J connectivity index is 2.12. The van der Waals surface area contributed by atoms with E-state index in [9.17, 15) is 13.5 Å². The van der Waals surface area contributed by atoms with Crippen LogP contribution in [0.3, 0.4) is 0 Å². The minimum Gasteiger partial charge on any atom is -0.503 e. The highest BCUT2D eigenvalue weighted by molar-refractivity contribution is 9.10. The van der Waals surface area contributed by atoms with Gasteiger partial charge in [-0.15, -0.1) is 0 Å². The van der Waals surface area contributed by atoms with Crippen molar-refractivity contribution in [3.63, 3.8) is 0 Å². The zero-order valence-corrected chi connectivity index (χ0v) is 18.3. The van der Waals surface area contributed by atoms with Crippen LogP contribution in [0.1, 0.15) is 26.3 Å². The van der Waals surface area contributed by atoms with Crippen molar-refractivity contribution in [3.8, 4) is 11.5 Å². The van der Waals surface area contributed by atoms with E-state index in [4.69, 9.17) is 4.74 Å². The molecule has 1 aromatic carbocycles. The lowest BCUT2D eigenvalue weighted by Crippen LogP contribution is -2.30. The molecular weight excluding hydrogens is 448 g/mol. The molecule has 2 rings (SSSR count). The van der Waals surface area contributed by atoms with Crippen LogP contribution >= 0.6 is 15.9 Å². The van der Waals surface area contributed by atoms with E-state index in [-0.39, 0.29) is 10.6 Å². The molecule has 0 bridgehead atoms. The topological polar surface area (TPSA) is 104 Å². The second kappa shape index (κ2) is 9.85. The summed E-state index contributed by atoms with van der Waals surface area (Å²) < 4.78 is 32.1. The van der Waals surface area contributed by atoms with Crippen LogP contribution in [0, 0.1) is 0 Å². The van der Waals surface area contributed by atoms with Crippen LogP contribution in [-0.4, -0.2) is 48.7 Å². The minimum atomic E-state index is -3.54. The Morgan fingerprint density at radius 2 is 2.00 bits per heavy atom. The molecule has 0 radical (unpaired) electrons. The molecule has 0 fully saturated rings. The van der Waals surface area contributed by atoms with Crippen LogP contribution in [-0.2, 0) is 10.0 Å². The Morgan fingerprint density at radius 1 is 1.29 bits per heavy atom. The van der Waals surface area contributed by atoms with Gasteiger partial charge in [0.2, 0.25) is 10.0 Å². The normalized spacial score (nSPS) is 11.9. The van der Waals surface area contributed by atoms with E-state index >= 15 is 0 Å². The van der Waals surface area contributed by atoms with E-state index in [1.165, 1.54) is 22.8 Å². The average Bonchev–Trinajstić information content (AvgIpc) is 2.67. The maximum absolute atomic E-state index is 12.4. The van der Waals surface area contributed by atoms with Gasteiger partial charge in [0.15, 0.2) is 11.5 Å². The fraction of sp³-hybridized carbons (Fsp3) is 0.333. The van der Waals surface area contributed by atoms with Crippen LogP contribution in [0.2, 0.25) is 0 Å². The number of benzene rings is 1. The minimum absolute atomic E-state index is 0.0265. The number of ether oxygens (including phenoxy) is 1. The van der Waals surface area contributed by atoms with Crippen molar-refractivity contribution in [1.82, 2.24) is 9.29 Å². The van der Waals surface area contributed by atoms with Crippen molar-refractivity contribution in [1.29, 1.82) is 0 Å². The molecule has 0 amide bonds. The highest BCUT2D eigenvalue weighted by atomic mass is 79.9. The van der Waals surface area contributed by atoms with E-state index in [1.807, 2.05) is 6.92 Å². The SMILES string of the molecule is CCOc1cc(/C=N/Nc2ccc(S(=O)(=O)N(CC)CC)cn2)cc(Br)c1O. The van der Waals surface area contributed by atoms with Crippen LogP contribution in [0.25, 0.3) is 0 Å². The first-order chi connectivity index (χ1) is 13.3. The van der Waals surface area contributed by atoms with Gasteiger partial charge in [0.25, 0.3) is 0 Å². The predicted octanol–water partition coefficient (Wildman–Crippen LogP) is 3.42. The number of hydrogen-bond acceptors (Lipinski definition) is 7. The molecule has 2 N–H and O–H groups in total. The fourth-order valence-electron chi connectivity index (χ4n) is 2.42. The maximum Gasteiger partial charge on any atom is 0.244 e. The number of aromatic nitrogens is 1. The summed E-state index contributed by atoms with van der Waals surface area (Å²) in [5, 5.41) is 14.0. The second-order valence-corrected chi connectivity index (χ2v) is 8.41. The molecule has 1 aromatic heterocycles. The molecule has 0 saturated carbocycles. The summed E-state index contributed by atoms with van der Waals surface area (Å²) in [4.78, 5) is 4.24.